The molecule has 0 fully saturated rings. The highest BCUT2D eigenvalue weighted by atomic mass is 79.9. The van der Waals surface area contributed by atoms with E-state index in [0.29, 0.717) is 5.92 Å². The van der Waals surface area contributed by atoms with Crippen LogP contribution in [-0.4, -0.2) is 11.5 Å². The number of aromatic nitrogens is 1. The molecule has 0 spiro atoms. The second-order valence-electron chi connectivity index (χ2n) is 4.74. The van der Waals surface area contributed by atoms with Crippen LogP contribution in [0.3, 0.4) is 0 Å². The van der Waals surface area contributed by atoms with Crippen LogP contribution < -0.4 is 5.73 Å². The van der Waals surface area contributed by atoms with Crippen molar-refractivity contribution in [3.63, 3.8) is 0 Å². The van der Waals surface area contributed by atoms with Gasteiger partial charge in [0.25, 0.3) is 0 Å². The molecule has 1 aromatic heterocycles. The van der Waals surface area contributed by atoms with E-state index < -0.39 is 0 Å². The largest absolute Gasteiger partial charge is 0.441 e. The summed E-state index contributed by atoms with van der Waals surface area (Å²) in [6.07, 6.45) is 3.03. The summed E-state index contributed by atoms with van der Waals surface area (Å²) < 4.78 is 6.94. The van der Waals surface area contributed by atoms with Gasteiger partial charge in [0.15, 0.2) is 0 Å². The maximum atomic E-state index is 5.88. The van der Waals surface area contributed by atoms with E-state index in [1.54, 1.807) is 0 Å². The van der Waals surface area contributed by atoms with Gasteiger partial charge in [-0.15, -0.1) is 0 Å². The summed E-state index contributed by atoms with van der Waals surface area (Å²) in [6.45, 7) is 0.730. The Hall–Kier alpha value is -1.13. The van der Waals surface area contributed by atoms with Crippen LogP contribution in [0, 0.1) is 5.92 Å². The Bertz CT molecular complexity index is 547. The predicted octanol–water partition coefficient (Wildman–Crippen LogP) is 3.17. The molecular weight excluding hydrogens is 292 g/mol. The highest BCUT2D eigenvalue weighted by Gasteiger charge is 2.23. The molecule has 1 aliphatic carbocycles. The van der Waals surface area contributed by atoms with Crippen LogP contribution in [0.1, 0.15) is 17.9 Å². The number of aryl methyl sites for hydroxylation is 1. The topological polar surface area (TPSA) is 52.0 Å². The lowest BCUT2D eigenvalue weighted by molar-refractivity contribution is 0.401. The Kier molecular flexibility index (Phi) is 3.22. The first-order chi connectivity index (χ1) is 8.76. The summed E-state index contributed by atoms with van der Waals surface area (Å²) in [7, 11) is 0. The van der Waals surface area contributed by atoms with Crippen molar-refractivity contribution >= 4 is 15.9 Å². The molecule has 1 aromatic carbocycles. The Morgan fingerprint density at radius 2 is 2.11 bits per heavy atom. The van der Waals surface area contributed by atoms with E-state index in [-0.39, 0.29) is 0 Å². The number of benzene rings is 1. The zero-order valence-electron chi connectivity index (χ0n) is 10.0. The lowest BCUT2D eigenvalue weighted by Gasteiger charge is -2.17. The summed E-state index contributed by atoms with van der Waals surface area (Å²) >= 11 is 3.43. The molecule has 2 N–H and O–H groups in total. The number of hydrogen-bond acceptors (Lipinski definition) is 3. The molecule has 2 aromatic rings. The molecule has 1 heterocycles. The minimum atomic E-state index is 0.545. The summed E-state index contributed by atoms with van der Waals surface area (Å²) in [4.78, 5) is 4.60. The van der Waals surface area contributed by atoms with Gasteiger partial charge in [0, 0.05) is 16.5 Å². The summed E-state index contributed by atoms with van der Waals surface area (Å²) in [5.74, 6) is 2.29. The summed E-state index contributed by atoms with van der Waals surface area (Å²) in [5, 5.41) is 0. The molecule has 0 saturated heterocycles. The van der Waals surface area contributed by atoms with Crippen molar-refractivity contribution in [2.24, 2.45) is 11.7 Å². The molecule has 0 saturated carbocycles. The van der Waals surface area contributed by atoms with Crippen LogP contribution in [0.4, 0.5) is 0 Å². The normalized spacial score (nSPS) is 18.7. The molecular formula is C14H15BrN2O. The number of halogens is 1. The maximum absolute atomic E-state index is 5.88. The lowest BCUT2D eigenvalue weighted by Crippen LogP contribution is -2.21. The first-order valence-corrected chi connectivity index (χ1v) is 7.00. The quantitative estimate of drug-likeness (QED) is 0.927. The Labute approximate surface area is 115 Å². The third-order valence-electron chi connectivity index (χ3n) is 3.47. The second kappa shape index (κ2) is 4.86. The van der Waals surface area contributed by atoms with Crippen LogP contribution in [0.5, 0.6) is 0 Å². The van der Waals surface area contributed by atoms with E-state index in [9.17, 15) is 0 Å². The van der Waals surface area contributed by atoms with Crippen molar-refractivity contribution in [3.05, 3.63) is 40.2 Å². The number of fused-ring (bicyclic) bond motifs is 1. The minimum Gasteiger partial charge on any atom is -0.441 e. The number of hydrogen-bond donors (Lipinski definition) is 1. The minimum absolute atomic E-state index is 0.545. The van der Waals surface area contributed by atoms with E-state index >= 15 is 0 Å². The molecule has 1 aliphatic rings. The molecule has 0 bridgehead atoms. The van der Waals surface area contributed by atoms with Gasteiger partial charge in [0.05, 0.1) is 5.69 Å². The number of nitrogens with two attached hydrogens (primary N) is 1. The lowest BCUT2D eigenvalue weighted by atomic mass is 9.91. The molecule has 0 radical (unpaired) electrons. The average Bonchev–Trinajstić information content (AvgIpc) is 2.82. The average molecular weight is 307 g/mol. The standard InChI is InChI=1S/C14H15BrN2O/c15-11-4-2-10(3-5-11)14-17-12-6-1-9(8-16)7-13(12)18-14/h2-5,9H,1,6-8,16H2. The molecule has 4 heteroatoms. The van der Waals surface area contributed by atoms with E-state index in [0.717, 1.165) is 53.2 Å². The van der Waals surface area contributed by atoms with Gasteiger partial charge in [0.2, 0.25) is 5.89 Å². The van der Waals surface area contributed by atoms with Crippen molar-refractivity contribution in [1.29, 1.82) is 0 Å². The van der Waals surface area contributed by atoms with Crippen LogP contribution >= 0.6 is 15.9 Å². The molecule has 3 nitrogen and oxygen atoms in total. The second-order valence-corrected chi connectivity index (χ2v) is 5.66. The van der Waals surface area contributed by atoms with E-state index in [1.165, 1.54) is 0 Å². The molecule has 0 aliphatic heterocycles. The van der Waals surface area contributed by atoms with Gasteiger partial charge in [-0.25, -0.2) is 4.98 Å². The third-order valence-corrected chi connectivity index (χ3v) is 3.99. The fourth-order valence-corrected chi connectivity index (χ4v) is 2.62. The fourth-order valence-electron chi connectivity index (χ4n) is 2.36. The highest BCUT2D eigenvalue weighted by molar-refractivity contribution is 9.10. The fraction of sp³-hybridized carbons (Fsp3) is 0.357. The predicted molar refractivity (Wildman–Crippen MR) is 74.2 cm³/mol. The molecule has 3 rings (SSSR count). The molecule has 1 atom stereocenters. The van der Waals surface area contributed by atoms with Gasteiger partial charge in [-0.1, -0.05) is 15.9 Å². The maximum Gasteiger partial charge on any atom is 0.226 e. The molecule has 0 amide bonds. The van der Waals surface area contributed by atoms with Gasteiger partial charge in [0.1, 0.15) is 5.76 Å². The Morgan fingerprint density at radius 1 is 1.33 bits per heavy atom. The summed E-state index contributed by atoms with van der Waals surface area (Å²) in [5.41, 5.74) is 7.86. The van der Waals surface area contributed by atoms with Gasteiger partial charge in [-0.05, 0) is 49.6 Å². The van der Waals surface area contributed by atoms with Crippen LogP contribution in [-0.2, 0) is 12.8 Å². The van der Waals surface area contributed by atoms with Crippen molar-refractivity contribution < 1.29 is 4.42 Å². The van der Waals surface area contributed by atoms with Crippen LogP contribution in [0.2, 0.25) is 0 Å². The molecule has 1 unspecified atom stereocenters. The SMILES string of the molecule is NCC1CCc2nc(-c3ccc(Br)cc3)oc2C1. The summed E-state index contributed by atoms with van der Waals surface area (Å²) in [6, 6.07) is 8.03. The number of rotatable bonds is 2. The van der Waals surface area contributed by atoms with Crippen LogP contribution in [0.25, 0.3) is 11.5 Å². The molecule has 94 valence electrons. The first-order valence-electron chi connectivity index (χ1n) is 6.21. The molecule has 18 heavy (non-hydrogen) atoms. The van der Waals surface area contributed by atoms with Crippen molar-refractivity contribution in [3.8, 4) is 11.5 Å². The van der Waals surface area contributed by atoms with Gasteiger partial charge >= 0.3 is 0 Å². The van der Waals surface area contributed by atoms with Crippen molar-refractivity contribution in [2.45, 2.75) is 19.3 Å². The smallest absolute Gasteiger partial charge is 0.226 e. The van der Waals surface area contributed by atoms with E-state index in [4.69, 9.17) is 10.2 Å². The van der Waals surface area contributed by atoms with E-state index in [2.05, 4.69) is 20.9 Å². The van der Waals surface area contributed by atoms with Gasteiger partial charge < -0.3 is 10.2 Å². The zero-order valence-corrected chi connectivity index (χ0v) is 11.6. The third kappa shape index (κ3) is 2.22. The highest BCUT2D eigenvalue weighted by Crippen LogP contribution is 2.30. The Morgan fingerprint density at radius 3 is 2.83 bits per heavy atom. The van der Waals surface area contributed by atoms with Crippen molar-refractivity contribution in [1.82, 2.24) is 4.98 Å². The number of nitrogens with zero attached hydrogens (tertiary/aromatic N) is 1. The number of oxazole rings is 1. The van der Waals surface area contributed by atoms with Gasteiger partial charge in [-0.3, -0.25) is 0 Å². The zero-order chi connectivity index (χ0) is 12.5. The van der Waals surface area contributed by atoms with Crippen molar-refractivity contribution in [2.75, 3.05) is 6.54 Å². The monoisotopic (exact) mass is 306 g/mol. The Balaban J connectivity index is 1.91. The van der Waals surface area contributed by atoms with Gasteiger partial charge in [-0.2, -0.15) is 0 Å². The van der Waals surface area contributed by atoms with Crippen LogP contribution in [0.15, 0.2) is 33.2 Å². The van der Waals surface area contributed by atoms with E-state index in [1.807, 2.05) is 24.3 Å². The first kappa shape index (κ1) is 11.9.